The predicted molar refractivity (Wildman–Crippen MR) is 99.5 cm³/mol. The van der Waals surface area contributed by atoms with Crippen molar-refractivity contribution in [2.24, 2.45) is 0 Å². The van der Waals surface area contributed by atoms with Gasteiger partial charge in [-0.3, -0.25) is 0 Å². The van der Waals surface area contributed by atoms with Crippen LogP contribution in [0.1, 0.15) is 52.5 Å². The summed E-state index contributed by atoms with van der Waals surface area (Å²) < 4.78 is 22.6. The number of ether oxygens (including phenoxy) is 4. The van der Waals surface area contributed by atoms with Gasteiger partial charge >= 0.3 is 5.97 Å². The zero-order valence-corrected chi connectivity index (χ0v) is 15.8. The molecule has 0 atom stereocenters. The largest absolute Gasteiger partial charge is 0.490 e. The van der Waals surface area contributed by atoms with Crippen molar-refractivity contribution in [2.75, 3.05) is 26.4 Å². The fourth-order valence-corrected chi connectivity index (χ4v) is 2.06. The Morgan fingerprint density at radius 1 is 0.880 bits per heavy atom. The van der Waals surface area contributed by atoms with Gasteiger partial charge in [0.1, 0.15) is 0 Å². The van der Waals surface area contributed by atoms with Crippen molar-refractivity contribution < 1.29 is 23.7 Å². The van der Waals surface area contributed by atoms with Crippen LogP contribution in [0.2, 0.25) is 0 Å². The van der Waals surface area contributed by atoms with E-state index in [1.54, 1.807) is 13.0 Å². The van der Waals surface area contributed by atoms with Crippen LogP contribution >= 0.6 is 0 Å². The topological polar surface area (TPSA) is 54.0 Å². The smallest absolute Gasteiger partial charge is 0.330 e. The highest BCUT2D eigenvalue weighted by atomic mass is 16.5. The van der Waals surface area contributed by atoms with Gasteiger partial charge in [-0.25, -0.2) is 4.79 Å². The molecule has 0 bridgehead atoms. The minimum absolute atomic E-state index is 0.344. The molecule has 5 heteroatoms. The average molecular weight is 350 g/mol. The predicted octanol–water partition coefficient (Wildman–Crippen LogP) is 4.63. The van der Waals surface area contributed by atoms with Crippen LogP contribution in [-0.2, 0) is 9.53 Å². The summed E-state index contributed by atoms with van der Waals surface area (Å²) in [5, 5.41) is 0. The van der Waals surface area contributed by atoms with Gasteiger partial charge in [0.25, 0.3) is 0 Å². The molecular weight excluding hydrogens is 320 g/mol. The summed E-state index contributed by atoms with van der Waals surface area (Å²) >= 11 is 0. The van der Waals surface area contributed by atoms with E-state index in [-0.39, 0.29) is 5.97 Å². The van der Waals surface area contributed by atoms with Gasteiger partial charge < -0.3 is 18.9 Å². The Labute approximate surface area is 150 Å². The van der Waals surface area contributed by atoms with Crippen molar-refractivity contribution in [2.45, 2.75) is 47.0 Å². The van der Waals surface area contributed by atoms with Gasteiger partial charge in [-0.1, -0.05) is 20.8 Å². The van der Waals surface area contributed by atoms with Gasteiger partial charge in [-0.15, -0.1) is 0 Å². The highest BCUT2D eigenvalue weighted by molar-refractivity contribution is 5.88. The zero-order valence-electron chi connectivity index (χ0n) is 15.8. The zero-order chi connectivity index (χ0) is 18.5. The summed E-state index contributed by atoms with van der Waals surface area (Å²) in [6.45, 7) is 9.98. The molecule has 1 rings (SSSR count). The van der Waals surface area contributed by atoms with E-state index in [1.165, 1.54) is 6.08 Å². The molecule has 5 nitrogen and oxygen atoms in total. The van der Waals surface area contributed by atoms with E-state index in [0.717, 1.165) is 24.8 Å². The van der Waals surface area contributed by atoms with Crippen molar-refractivity contribution in [1.29, 1.82) is 0 Å². The minimum Gasteiger partial charge on any atom is -0.490 e. The summed E-state index contributed by atoms with van der Waals surface area (Å²) in [4.78, 5) is 11.6. The van der Waals surface area contributed by atoms with E-state index >= 15 is 0 Å². The molecule has 0 aliphatic carbocycles. The van der Waals surface area contributed by atoms with E-state index in [1.807, 2.05) is 26.0 Å². The van der Waals surface area contributed by atoms with E-state index in [9.17, 15) is 4.79 Å². The Hall–Kier alpha value is -2.17. The van der Waals surface area contributed by atoms with Crippen molar-refractivity contribution in [1.82, 2.24) is 0 Å². The molecule has 0 aromatic heterocycles. The van der Waals surface area contributed by atoms with Gasteiger partial charge in [0.05, 0.1) is 26.4 Å². The molecule has 25 heavy (non-hydrogen) atoms. The quantitative estimate of drug-likeness (QED) is 0.406. The number of hydrogen-bond donors (Lipinski definition) is 0. The van der Waals surface area contributed by atoms with Crippen LogP contribution in [-0.4, -0.2) is 32.4 Å². The Bertz CT molecular complexity index is 551. The molecule has 1 aromatic rings. The summed E-state index contributed by atoms with van der Waals surface area (Å²) in [6.07, 6.45) is 5.74. The monoisotopic (exact) mass is 350 g/mol. The third-order valence-electron chi connectivity index (χ3n) is 3.15. The molecule has 0 aliphatic rings. The van der Waals surface area contributed by atoms with Crippen LogP contribution in [0.4, 0.5) is 0 Å². The third kappa shape index (κ3) is 7.08. The number of rotatable bonds is 12. The Balaban J connectivity index is 3.22. The van der Waals surface area contributed by atoms with E-state index in [0.29, 0.717) is 43.7 Å². The van der Waals surface area contributed by atoms with Crippen LogP contribution in [0.15, 0.2) is 18.2 Å². The van der Waals surface area contributed by atoms with Crippen LogP contribution in [0, 0.1) is 0 Å². The highest BCUT2D eigenvalue weighted by Gasteiger charge is 2.17. The number of benzene rings is 1. The lowest BCUT2D eigenvalue weighted by atomic mass is 10.1. The fourth-order valence-electron chi connectivity index (χ4n) is 2.06. The minimum atomic E-state index is -0.383. The molecule has 0 radical (unpaired) electrons. The van der Waals surface area contributed by atoms with E-state index < -0.39 is 0 Å². The standard InChI is InChI=1S/C20H30O5/c1-5-13-23-17-11-9-16(10-12-18(21)22-8-4)19(24-14-6-2)20(17)25-15-7-3/h9-12H,5-8,13-15H2,1-4H3. The summed E-state index contributed by atoms with van der Waals surface area (Å²) in [7, 11) is 0. The van der Waals surface area contributed by atoms with E-state index in [4.69, 9.17) is 18.9 Å². The van der Waals surface area contributed by atoms with Gasteiger partial charge in [-0.05, 0) is 44.4 Å². The third-order valence-corrected chi connectivity index (χ3v) is 3.15. The first-order chi connectivity index (χ1) is 12.2. The summed E-state index contributed by atoms with van der Waals surface area (Å²) in [6, 6.07) is 3.72. The molecule has 0 fully saturated rings. The first-order valence-electron chi connectivity index (χ1n) is 9.08. The Morgan fingerprint density at radius 3 is 2.08 bits per heavy atom. The van der Waals surface area contributed by atoms with Crippen molar-refractivity contribution in [3.63, 3.8) is 0 Å². The summed E-state index contributed by atoms with van der Waals surface area (Å²) in [5.74, 6) is 1.47. The van der Waals surface area contributed by atoms with Crippen LogP contribution in [0.5, 0.6) is 17.2 Å². The molecule has 0 unspecified atom stereocenters. The van der Waals surface area contributed by atoms with Gasteiger partial charge in [-0.2, -0.15) is 0 Å². The summed E-state index contributed by atoms with van der Waals surface area (Å²) in [5.41, 5.74) is 0.761. The molecule has 0 N–H and O–H groups in total. The van der Waals surface area contributed by atoms with Crippen LogP contribution in [0.25, 0.3) is 6.08 Å². The maximum atomic E-state index is 11.6. The molecular formula is C20H30O5. The number of carbonyl (C=O) groups is 1. The number of hydrogen-bond acceptors (Lipinski definition) is 5. The second-order valence-electron chi connectivity index (χ2n) is 5.44. The number of esters is 1. The average Bonchev–Trinajstić information content (AvgIpc) is 2.62. The van der Waals surface area contributed by atoms with Crippen molar-refractivity contribution in [3.05, 3.63) is 23.8 Å². The van der Waals surface area contributed by atoms with Crippen LogP contribution in [0.3, 0.4) is 0 Å². The Morgan fingerprint density at radius 2 is 1.48 bits per heavy atom. The second-order valence-corrected chi connectivity index (χ2v) is 5.44. The lowest BCUT2D eigenvalue weighted by Crippen LogP contribution is -2.06. The molecule has 1 aromatic carbocycles. The first-order valence-corrected chi connectivity index (χ1v) is 9.08. The van der Waals surface area contributed by atoms with Gasteiger partial charge in [0.15, 0.2) is 11.5 Å². The van der Waals surface area contributed by atoms with E-state index in [2.05, 4.69) is 6.92 Å². The molecule has 0 spiro atoms. The fraction of sp³-hybridized carbons (Fsp3) is 0.550. The first kappa shape index (κ1) is 20.9. The lowest BCUT2D eigenvalue weighted by Gasteiger charge is -2.18. The molecule has 0 aliphatic heterocycles. The van der Waals surface area contributed by atoms with Crippen molar-refractivity contribution in [3.8, 4) is 17.2 Å². The number of carbonyl (C=O) groups excluding carboxylic acids is 1. The SMILES string of the molecule is CCCOc1ccc(C=CC(=O)OCC)c(OCCC)c1OCCC. The molecule has 0 amide bonds. The molecule has 0 saturated carbocycles. The maximum Gasteiger partial charge on any atom is 0.330 e. The lowest BCUT2D eigenvalue weighted by molar-refractivity contribution is -0.137. The Kier molecular flexibility index (Phi) is 10.2. The second kappa shape index (κ2) is 12.2. The molecule has 0 saturated heterocycles. The van der Waals surface area contributed by atoms with Gasteiger partial charge in [0, 0.05) is 11.6 Å². The highest BCUT2D eigenvalue weighted by Crippen LogP contribution is 2.41. The molecule has 140 valence electrons. The normalized spacial score (nSPS) is 10.7. The van der Waals surface area contributed by atoms with Crippen molar-refractivity contribution >= 4 is 12.0 Å². The van der Waals surface area contributed by atoms with Crippen LogP contribution < -0.4 is 14.2 Å². The van der Waals surface area contributed by atoms with Gasteiger partial charge in [0.2, 0.25) is 5.75 Å². The molecule has 0 heterocycles. The maximum absolute atomic E-state index is 11.6.